The van der Waals surface area contributed by atoms with Crippen LogP contribution in [0.15, 0.2) is 29.3 Å². The third-order valence-corrected chi connectivity index (χ3v) is 5.16. The molecule has 1 fully saturated rings. The van der Waals surface area contributed by atoms with E-state index in [1.807, 2.05) is 36.1 Å². The topological polar surface area (TPSA) is 77.0 Å². The summed E-state index contributed by atoms with van der Waals surface area (Å²) in [6.07, 6.45) is 3.55. The van der Waals surface area contributed by atoms with Crippen LogP contribution < -0.4 is 10.6 Å². The molecule has 1 aromatic carbocycles. The molecule has 0 radical (unpaired) electrons. The molecule has 0 aliphatic carbocycles. The summed E-state index contributed by atoms with van der Waals surface area (Å²) in [6.45, 7) is 7.15. The smallest absolute Gasteiger partial charge is 0.253 e. The van der Waals surface area contributed by atoms with Crippen molar-refractivity contribution >= 4 is 17.8 Å². The lowest BCUT2D eigenvalue weighted by molar-refractivity contribution is -0.129. The second-order valence-corrected chi connectivity index (χ2v) is 7.56. The summed E-state index contributed by atoms with van der Waals surface area (Å²) in [5.74, 6) is 1.05. The molecular weight excluding hydrogens is 366 g/mol. The highest BCUT2D eigenvalue weighted by atomic mass is 16.2. The molecule has 7 heteroatoms. The van der Waals surface area contributed by atoms with E-state index in [1.54, 1.807) is 19.0 Å². The summed E-state index contributed by atoms with van der Waals surface area (Å²) in [7, 11) is 3.50. The molecule has 2 N–H and O–H groups in total. The van der Waals surface area contributed by atoms with Crippen LogP contribution in [0.4, 0.5) is 0 Å². The van der Waals surface area contributed by atoms with Gasteiger partial charge in [-0.25, -0.2) is 4.99 Å². The van der Waals surface area contributed by atoms with Gasteiger partial charge in [0.2, 0.25) is 5.91 Å². The monoisotopic (exact) mass is 401 g/mol. The fraction of sp³-hybridized carbons (Fsp3) is 0.591. The van der Waals surface area contributed by atoms with E-state index in [9.17, 15) is 9.59 Å². The molecule has 160 valence electrons. The molecule has 1 heterocycles. The average molecular weight is 402 g/mol. The van der Waals surface area contributed by atoms with Gasteiger partial charge in [-0.2, -0.15) is 0 Å². The summed E-state index contributed by atoms with van der Waals surface area (Å²) < 4.78 is 0. The van der Waals surface area contributed by atoms with Crippen molar-refractivity contribution in [1.82, 2.24) is 20.4 Å². The number of amides is 2. The van der Waals surface area contributed by atoms with Crippen molar-refractivity contribution in [2.75, 3.05) is 33.7 Å². The Kier molecular flexibility index (Phi) is 8.96. The maximum atomic E-state index is 12.0. The van der Waals surface area contributed by atoms with E-state index in [-0.39, 0.29) is 11.8 Å². The first-order valence-corrected chi connectivity index (χ1v) is 10.6. The zero-order valence-electron chi connectivity index (χ0n) is 18.2. The molecule has 2 amide bonds. The molecule has 29 heavy (non-hydrogen) atoms. The largest absolute Gasteiger partial charge is 0.357 e. The zero-order chi connectivity index (χ0) is 21.2. The minimum Gasteiger partial charge on any atom is -0.357 e. The molecule has 1 aliphatic heterocycles. The van der Waals surface area contributed by atoms with E-state index in [4.69, 9.17) is 0 Å². The molecule has 1 unspecified atom stereocenters. The van der Waals surface area contributed by atoms with Crippen molar-refractivity contribution in [3.8, 4) is 0 Å². The van der Waals surface area contributed by atoms with Crippen LogP contribution in [0.5, 0.6) is 0 Å². The summed E-state index contributed by atoms with van der Waals surface area (Å²) >= 11 is 0. The number of hydrogen-bond donors (Lipinski definition) is 2. The third-order valence-electron chi connectivity index (χ3n) is 5.16. The van der Waals surface area contributed by atoms with Crippen LogP contribution >= 0.6 is 0 Å². The summed E-state index contributed by atoms with van der Waals surface area (Å²) in [6, 6.07) is 7.85. The number of carbonyl (C=O) groups is 2. The number of benzene rings is 1. The number of nitrogens with zero attached hydrogens (tertiary/aromatic N) is 3. The van der Waals surface area contributed by atoms with Crippen LogP contribution in [-0.2, 0) is 11.3 Å². The standard InChI is InChI=1S/C22H35N5O2/c1-5-19(27-15-7-8-20(27)28)13-14-24-22(23-6-2)25-16-17-9-11-18(12-10-17)21(29)26(3)4/h9-12,19H,5-8,13-16H2,1-4H3,(H2,23,24,25). The van der Waals surface area contributed by atoms with Gasteiger partial charge in [0.15, 0.2) is 5.96 Å². The Morgan fingerprint density at radius 1 is 1.21 bits per heavy atom. The lowest BCUT2D eigenvalue weighted by Gasteiger charge is -2.27. The number of aliphatic imine (C=N–C) groups is 1. The van der Waals surface area contributed by atoms with Crippen molar-refractivity contribution in [1.29, 1.82) is 0 Å². The number of carbonyl (C=O) groups excluding carboxylic acids is 2. The van der Waals surface area contributed by atoms with Crippen molar-refractivity contribution in [2.45, 2.75) is 52.1 Å². The van der Waals surface area contributed by atoms with Crippen molar-refractivity contribution in [2.24, 2.45) is 4.99 Å². The third kappa shape index (κ3) is 6.76. The van der Waals surface area contributed by atoms with Gasteiger partial charge in [-0.15, -0.1) is 0 Å². The number of guanidine groups is 1. The quantitative estimate of drug-likeness (QED) is 0.491. The lowest BCUT2D eigenvalue weighted by Crippen LogP contribution is -2.42. The summed E-state index contributed by atoms with van der Waals surface area (Å²) in [5.41, 5.74) is 1.72. The highest BCUT2D eigenvalue weighted by Crippen LogP contribution is 2.17. The second-order valence-electron chi connectivity index (χ2n) is 7.56. The van der Waals surface area contributed by atoms with Crippen molar-refractivity contribution in [3.05, 3.63) is 35.4 Å². The van der Waals surface area contributed by atoms with Crippen LogP contribution in [0.1, 0.15) is 55.5 Å². The Labute approximate surface area is 174 Å². The van der Waals surface area contributed by atoms with Crippen molar-refractivity contribution in [3.63, 3.8) is 0 Å². The second kappa shape index (κ2) is 11.4. The minimum atomic E-state index is -0.00276. The van der Waals surface area contributed by atoms with Crippen LogP contribution in [0, 0.1) is 0 Å². The SMILES string of the molecule is CCNC(=NCc1ccc(C(=O)N(C)C)cc1)NCCC(CC)N1CCCC1=O. The molecular formula is C22H35N5O2. The molecule has 1 aliphatic rings. The average Bonchev–Trinajstić information content (AvgIpc) is 3.14. The van der Waals surface area contributed by atoms with Gasteiger partial charge in [0.25, 0.3) is 5.91 Å². The Balaban J connectivity index is 1.88. The Hall–Kier alpha value is -2.57. The van der Waals surface area contributed by atoms with Gasteiger partial charge < -0.3 is 20.4 Å². The maximum absolute atomic E-state index is 12.0. The predicted octanol–water partition coefficient (Wildman–Crippen LogP) is 2.23. The van der Waals surface area contributed by atoms with E-state index < -0.39 is 0 Å². The first-order valence-electron chi connectivity index (χ1n) is 10.6. The molecule has 0 bridgehead atoms. The number of likely N-dealkylation sites (tertiary alicyclic amines) is 1. The van der Waals surface area contributed by atoms with Gasteiger partial charge in [-0.05, 0) is 43.9 Å². The van der Waals surface area contributed by atoms with Crippen LogP contribution in [0.2, 0.25) is 0 Å². The van der Waals surface area contributed by atoms with Gasteiger partial charge in [-0.3, -0.25) is 9.59 Å². The lowest BCUT2D eigenvalue weighted by atomic mass is 10.1. The van der Waals surface area contributed by atoms with Gasteiger partial charge in [0.1, 0.15) is 0 Å². The molecule has 7 nitrogen and oxygen atoms in total. The van der Waals surface area contributed by atoms with E-state index >= 15 is 0 Å². The number of nitrogens with one attached hydrogen (secondary N) is 2. The van der Waals surface area contributed by atoms with E-state index in [1.165, 1.54) is 0 Å². The number of hydrogen-bond acceptors (Lipinski definition) is 3. The number of rotatable bonds is 9. The van der Waals surface area contributed by atoms with E-state index in [2.05, 4.69) is 22.5 Å². The van der Waals surface area contributed by atoms with Crippen LogP contribution in [0.25, 0.3) is 0 Å². The normalized spacial score (nSPS) is 15.4. The van der Waals surface area contributed by atoms with Gasteiger partial charge in [-0.1, -0.05) is 19.1 Å². The first kappa shape index (κ1) is 22.7. The van der Waals surface area contributed by atoms with Crippen molar-refractivity contribution < 1.29 is 9.59 Å². The van der Waals surface area contributed by atoms with Crippen LogP contribution in [-0.4, -0.2) is 67.3 Å². The zero-order valence-corrected chi connectivity index (χ0v) is 18.2. The first-order chi connectivity index (χ1) is 14.0. The predicted molar refractivity (Wildman–Crippen MR) is 117 cm³/mol. The Morgan fingerprint density at radius 2 is 1.93 bits per heavy atom. The molecule has 1 atom stereocenters. The highest BCUT2D eigenvalue weighted by Gasteiger charge is 2.26. The van der Waals surface area contributed by atoms with E-state index in [0.29, 0.717) is 24.6 Å². The molecule has 2 rings (SSSR count). The molecule has 0 spiro atoms. The molecule has 0 saturated carbocycles. The summed E-state index contributed by atoms with van der Waals surface area (Å²) in [5, 5.41) is 6.64. The molecule has 0 aromatic heterocycles. The summed E-state index contributed by atoms with van der Waals surface area (Å²) in [4.78, 5) is 32.2. The van der Waals surface area contributed by atoms with Gasteiger partial charge >= 0.3 is 0 Å². The minimum absolute atomic E-state index is 0.00276. The molecule has 1 aromatic rings. The van der Waals surface area contributed by atoms with E-state index in [0.717, 1.165) is 50.4 Å². The molecule has 1 saturated heterocycles. The fourth-order valence-corrected chi connectivity index (χ4v) is 3.52. The fourth-order valence-electron chi connectivity index (χ4n) is 3.52. The van der Waals surface area contributed by atoms with Gasteiger partial charge in [0.05, 0.1) is 6.54 Å². The Bertz CT molecular complexity index is 700. The highest BCUT2D eigenvalue weighted by molar-refractivity contribution is 5.93. The van der Waals surface area contributed by atoms with Gasteiger partial charge in [0, 0.05) is 51.8 Å². The Morgan fingerprint density at radius 3 is 2.48 bits per heavy atom. The van der Waals surface area contributed by atoms with Crippen LogP contribution in [0.3, 0.4) is 0 Å². The maximum Gasteiger partial charge on any atom is 0.253 e.